The summed E-state index contributed by atoms with van der Waals surface area (Å²) in [5, 5.41) is 0.815. The van der Waals surface area contributed by atoms with Gasteiger partial charge >= 0.3 is 0 Å². The Bertz CT molecular complexity index is 347. The molecule has 1 aliphatic carbocycles. The van der Waals surface area contributed by atoms with Crippen molar-refractivity contribution < 1.29 is 4.74 Å². The second-order valence-corrected chi connectivity index (χ2v) is 4.49. The predicted molar refractivity (Wildman–Crippen MR) is 62.5 cm³/mol. The van der Waals surface area contributed by atoms with Crippen molar-refractivity contribution >= 4 is 11.6 Å². The predicted octanol–water partition coefficient (Wildman–Crippen LogP) is 2.77. The summed E-state index contributed by atoms with van der Waals surface area (Å²) in [7, 11) is 0. The largest absolute Gasteiger partial charge is 0.490 e. The maximum absolute atomic E-state index is 6.03. The molecule has 3 heteroatoms. The minimum absolute atomic E-state index is 0.297. The smallest absolute Gasteiger partial charge is 0.120 e. The van der Waals surface area contributed by atoms with Crippen LogP contribution in [0.15, 0.2) is 18.2 Å². The highest BCUT2D eigenvalue weighted by molar-refractivity contribution is 6.31. The van der Waals surface area contributed by atoms with E-state index in [-0.39, 0.29) is 0 Å². The molecule has 1 aliphatic rings. The van der Waals surface area contributed by atoms with Crippen LogP contribution in [0.5, 0.6) is 5.75 Å². The summed E-state index contributed by atoms with van der Waals surface area (Å²) in [6, 6.07) is 6.17. The van der Waals surface area contributed by atoms with Gasteiger partial charge in [0.1, 0.15) is 11.9 Å². The van der Waals surface area contributed by atoms with Crippen molar-refractivity contribution in [2.45, 2.75) is 38.3 Å². The normalized spacial score (nSPS) is 24.7. The van der Waals surface area contributed by atoms with E-state index in [1.807, 2.05) is 18.2 Å². The Morgan fingerprint density at radius 2 is 2.20 bits per heavy atom. The molecular weight excluding hydrogens is 210 g/mol. The highest BCUT2D eigenvalue weighted by Gasteiger charge is 2.27. The van der Waals surface area contributed by atoms with E-state index in [9.17, 15) is 0 Å². The number of benzene rings is 1. The van der Waals surface area contributed by atoms with Gasteiger partial charge in [-0.15, -0.1) is 0 Å². The van der Waals surface area contributed by atoms with Crippen LogP contribution in [-0.2, 0) is 6.42 Å². The first-order valence-corrected chi connectivity index (χ1v) is 5.77. The van der Waals surface area contributed by atoms with Crippen molar-refractivity contribution in [2.24, 2.45) is 5.73 Å². The van der Waals surface area contributed by atoms with Gasteiger partial charge in [-0.05, 0) is 43.0 Å². The molecule has 0 radical (unpaired) electrons. The van der Waals surface area contributed by atoms with Crippen molar-refractivity contribution in [1.82, 2.24) is 0 Å². The molecule has 82 valence electrons. The molecule has 2 N–H and O–H groups in total. The Balaban J connectivity index is 2.02. The van der Waals surface area contributed by atoms with Crippen molar-refractivity contribution in [3.8, 4) is 5.75 Å². The van der Waals surface area contributed by atoms with Crippen molar-refractivity contribution in [3.05, 3.63) is 28.8 Å². The average Bonchev–Trinajstić information content (AvgIpc) is 2.18. The number of hydrogen-bond acceptors (Lipinski definition) is 2. The summed E-state index contributed by atoms with van der Waals surface area (Å²) in [5.74, 6) is 0.910. The third-order valence-electron chi connectivity index (χ3n) is 2.83. The van der Waals surface area contributed by atoms with Gasteiger partial charge in [-0.3, -0.25) is 0 Å². The number of aryl methyl sites for hydroxylation is 1. The molecule has 1 aromatic carbocycles. The van der Waals surface area contributed by atoms with E-state index in [2.05, 4.69) is 6.92 Å². The maximum atomic E-state index is 6.03. The molecule has 0 saturated heterocycles. The van der Waals surface area contributed by atoms with Crippen LogP contribution in [0.3, 0.4) is 0 Å². The summed E-state index contributed by atoms with van der Waals surface area (Å²) in [6.07, 6.45) is 3.15. The third-order valence-corrected chi connectivity index (χ3v) is 3.20. The Labute approximate surface area is 95.4 Å². The zero-order valence-electron chi connectivity index (χ0n) is 8.87. The number of rotatable bonds is 3. The van der Waals surface area contributed by atoms with E-state index in [1.54, 1.807) is 0 Å². The van der Waals surface area contributed by atoms with Crippen molar-refractivity contribution in [1.29, 1.82) is 0 Å². The minimum atomic E-state index is 0.297. The molecule has 0 aromatic heterocycles. The lowest BCUT2D eigenvalue weighted by atomic mass is 9.90. The van der Waals surface area contributed by atoms with Crippen molar-refractivity contribution in [2.75, 3.05) is 0 Å². The van der Waals surface area contributed by atoms with E-state index >= 15 is 0 Å². The lowest BCUT2D eigenvalue weighted by Gasteiger charge is -2.32. The Kier molecular flexibility index (Phi) is 3.17. The van der Waals surface area contributed by atoms with Crippen LogP contribution in [0.25, 0.3) is 0 Å². The molecule has 0 amide bonds. The Morgan fingerprint density at radius 1 is 1.47 bits per heavy atom. The van der Waals surface area contributed by atoms with Gasteiger partial charge in [0.15, 0.2) is 0 Å². The second-order valence-electron chi connectivity index (χ2n) is 4.08. The van der Waals surface area contributed by atoms with Crippen LogP contribution in [-0.4, -0.2) is 12.1 Å². The zero-order valence-corrected chi connectivity index (χ0v) is 9.63. The summed E-state index contributed by atoms with van der Waals surface area (Å²) in [4.78, 5) is 0. The van der Waals surface area contributed by atoms with Gasteiger partial charge < -0.3 is 10.5 Å². The first-order valence-electron chi connectivity index (χ1n) is 5.39. The summed E-state index contributed by atoms with van der Waals surface area (Å²) in [5.41, 5.74) is 6.84. The van der Waals surface area contributed by atoms with Crippen LogP contribution in [0, 0.1) is 0 Å². The summed E-state index contributed by atoms with van der Waals surface area (Å²) in [6.45, 7) is 2.09. The zero-order chi connectivity index (χ0) is 10.8. The lowest BCUT2D eigenvalue weighted by Crippen LogP contribution is -2.43. The number of nitrogens with two attached hydrogens (primary N) is 1. The standard InChI is InChI=1S/C12H16ClNO/c1-2-8-5-10(3-4-12(8)13)15-11-6-9(14)7-11/h3-5,9,11H,2,6-7,14H2,1H3. The minimum Gasteiger partial charge on any atom is -0.490 e. The topological polar surface area (TPSA) is 35.2 Å². The van der Waals surface area contributed by atoms with Gasteiger partial charge in [0.2, 0.25) is 0 Å². The van der Waals surface area contributed by atoms with Crippen LogP contribution in [0.2, 0.25) is 5.02 Å². The SMILES string of the molecule is CCc1cc(OC2CC(N)C2)ccc1Cl. The first-order chi connectivity index (χ1) is 7.19. The highest BCUT2D eigenvalue weighted by Crippen LogP contribution is 2.27. The fourth-order valence-corrected chi connectivity index (χ4v) is 2.04. The molecule has 0 atom stereocenters. The van der Waals surface area contributed by atoms with Crippen LogP contribution < -0.4 is 10.5 Å². The van der Waals surface area contributed by atoms with Gasteiger partial charge in [-0.2, -0.15) is 0 Å². The number of halogens is 1. The average molecular weight is 226 g/mol. The third kappa shape index (κ3) is 2.44. The first kappa shape index (κ1) is 10.8. The molecule has 1 saturated carbocycles. The molecule has 0 unspecified atom stereocenters. The van der Waals surface area contributed by atoms with Crippen LogP contribution in [0.1, 0.15) is 25.3 Å². The van der Waals surface area contributed by atoms with Crippen LogP contribution in [0.4, 0.5) is 0 Å². The van der Waals surface area contributed by atoms with Gasteiger partial charge in [-0.25, -0.2) is 0 Å². The number of ether oxygens (including phenoxy) is 1. The molecule has 1 fully saturated rings. The van der Waals surface area contributed by atoms with E-state index in [0.717, 1.165) is 35.6 Å². The molecule has 2 nitrogen and oxygen atoms in total. The summed E-state index contributed by atoms with van der Waals surface area (Å²) < 4.78 is 5.78. The molecule has 2 rings (SSSR count). The maximum Gasteiger partial charge on any atom is 0.120 e. The molecule has 1 aromatic rings. The highest BCUT2D eigenvalue weighted by atomic mass is 35.5. The molecule has 15 heavy (non-hydrogen) atoms. The van der Waals surface area contributed by atoms with E-state index < -0.39 is 0 Å². The van der Waals surface area contributed by atoms with E-state index in [0.29, 0.717) is 12.1 Å². The Morgan fingerprint density at radius 3 is 2.80 bits per heavy atom. The van der Waals surface area contributed by atoms with Gasteiger partial charge in [0, 0.05) is 11.1 Å². The number of hydrogen-bond donors (Lipinski definition) is 1. The molecule has 0 bridgehead atoms. The van der Waals surface area contributed by atoms with Crippen molar-refractivity contribution in [3.63, 3.8) is 0 Å². The molecular formula is C12H16ClNO. The van der Waals surface area contributed by atoms with E-state index in [4.69, 9.17) is 22.1 Å². The fraction of sp³-hybridized carbons (Fsp3) is 0.500. The Hall–Kier alpha value is -0.730. The molecule has 0 heterocycles. The molecule has 0 aliphatic heterocycles. The van der Waals surface area contributed by atoms with Crippen LogP contribution >= 0.6 is 11.6 Å². The lowest BCUT2D eigenvalue weighted by molar-refractivity contribution is 0.101. The van der Waals surface area contributed by atoms with Gasteiger partial charge in [-0.1, -0.05) is 18.5 Å². The van der Waals surface area contributed by atoms with Gasteiger partial charge in [0.05, 0.1) is 0 Å². The van der Waals surface area contributed by atoms with E-state index in [1.165, 1.54) is 0 Å². The quantitative estimate of drug-likeness (QED) is 0.859. The van der Waals surface area contributed by atoms with Gasteiger partial charge in [0.25, 0.3) is 0 Å². The summed E-state index contributed by atoms with van der Waals surface area (Å²) >= 11 is 6.03. The monoisotopic (exact) mass is 225 g/mol. The fourth-order valence-electron chi connectivity index (χ4n) is 1.79. The second kappa shape index (κ2) is 4.42. The molecule has 0 spiro atoms.